The van der Waals surface area contributed by atoms with Crippen LogP contribution in [0.3, 0.4) is 0 Å². The summed E-state index contributed by atoms with van der Waals surface area (Å²) in [4.78, 5) is 45.4. The molecule has 0 aliphatic carbocycles. The topological polar surface area (TPSA) is 57.7 Å². The van der Waals surface area contributed by atoms with Crippen LogP contribution in [0.5, 0.6) is 0 Å². The van der Waals surface area contributed by atoms with Crippen molar-refractivity contribution < 1.29 is 14.4 Å². The summed E-state index contributed by atoms with van der Waals surface area (Å²) in [6.07, 6.45) is 3.45. The van der Waals surface area contributed by atoms with Crippen LogP contribution in [0.15, 0.2) is 84.9 Å². The maximum atomic E-state index is 14.5. The maximum Gasteiger partial charge on any atom is 0.333 e. The molecule has 0 saturated carbocycles. The van der Waals surface area contributed by atoms with Gasteiger partial charge in [-0.3, -0.25) is 19.4 Å². The van der Waals surface area contributed by atoms with Gasteiger partial charge in [-0.2, -0.15) is 0 Å². The van der Waals surface area contributed by atoms with Crippen LogP contribution in [-0.2, 0) is 22.4 Å². The second-order valence-electron chi connectivity index (χ2n) is 10.8. The van der Waals surface area contributed by atoms with Crippen molar-refractivity contribution in [2.75, 3.05) is 23.7 Å². The van der Waals surface area contributed by atoms with Crippen molar-refractivity contribution >= 4 is 71.3 Å². The van der Waals surface area contributed by atoms with Crippen LogP contribution in [0, 0.1) is 5.41 Å². The number of benzene rings is 4. The minimum Gasteiger partial charge on any atom is -0.273 e. The lowest BCUT2D eigenvalue weighted by Crippen LogP contribution is -2.66. The van der Waals surface area contributed by atoms with Gasteiger partial charge in [0.05, 0.1) is 0 Å². The van der Waals surface area contributed by atoms with E-state index in [0.29, 0.717) is 25.9 Å². The Morgan fingerprint density at radius 2 is 0.951 bits per heavy atom. The maximum absolute atomic E-state index is 14.5. The summed E-state index contributed by atoms with van der Waals surface area (Å²) in [5.41, 5.74) is 0.379. The molecule has 0 atom stereocenters. The Morgan fingerprint density at radius 1 is 0.537 bits per heavy atom. The number of urea groups is 1. The third-order valence-corrected chi connectivity index (χ3v) is 9.06. The molecule has 4 amide bonds. The fourth-order valence-electron chi connectivity index (χ4n) is 5.81. The van der Waals surface area contributed by atoms with Crippen molar-refractivity contribution in [2.24, 2.45) is 5.41 Å². The quantitative estimate of drug-likeness (QED) is 0.0870. The number of carbonyl (C=O) groups is 3. The lowest BCUT2D eigenvalue weighted by molar-refractivity contribution is -0.159. The lowest BCUT2D eigenvalue weighted by Gasteiger charge is -2.44. The highest BCUT2D eigenvalue weighted by atomic mass is 79.9. The van der Waals surface area contributed by atoms with Gasteiger partial charge >= 0.3 is 6.03 Å². The number of carbonyl (C=O) groups excluding carboxylic acids is 3. The van der Waals surface area contributed by atoms with Gasteiger partial charge < -0.3 is 0 Å². The number of nitrogens with zero attached hydrogens (tertiary/aromatic N) is 2. The van der Waals surface area contributed by atoms with Crippen LogP contribution >= 0.6 is 31.9 Å². The molecule has 1 heterocycles. The van der Waals surface area contributed by atoms with E-state index in [4.69, 9.17) is 0 Å². The molecule has 1 fully saturated rings. The van der Waals surface area contributed by atoms with Gasteiger partial charge in [0.2, 0.25) is 11.8 Å². The molecule has 0 bridgehead atoms. The van der Waals surface area contributed by atoms with Crippen molar-refractivity contribution in [1.29, 1.82) is 0 Å². The first-order chi connectivity index (χ1) is 20.0. The van der Waals surface area contributed by atoms with Crippen molar-refractivity contribution in [3.8, 4) is 0 Å². The van der Waals surface area contributed by atoms with Crippen LogP contribution in [0.25, 0.3) is 21.5 Å². The number of hydrogen-bond donors (Lipinski definition) is 0. The van der Waals surface area contributed by atoms with E-state index in [1.165, 1.54) is 9.80 Å². The molecule has 212 valence electrons. The third kappa shape index (κ3) is 6.26. The Bertz CT molecular complexity index is 1450. The Balaban J connectivity index is 1.61. The molecule has 1 aliphatic rings. The number of rotatable bonds is 12. The van der Waals surface area contributed by atoms with Gasteiger partial charge in [0.1, 0.15) is 5.41 Å². The zero-order valence-corrected chi connectivity index (χ0v) is 26.2. The Kier molecular flexibility index (Phi) is 9.56. The van der Waals surface area contributed by atoms with Crippen LogP contribution in [0.1, 0.15) is 36.8 Å². The highest BCUT2D eigenvalue weighted by molar-refractivity contribution is 9.09. The van der Waals surface area contributed by atoms with Crippen LogP contribution in [0.2, 0.25) is 0 Å². The molecule has 5 nitrogen and oxygen atoms in total. The second kappa shape index (κ2) is 13.3. The summed E-state index contributed by atoms with van der Waals surface area (Å²) in [6, 6.07) is 27.9. The van der Waals surface area contributed by atoms with E-state index < -0.39 is 11.4 Å². The van der Waals surface area contributed by atoms with E-state index in [1.807, 2.05) is 60.7 Å². The summed E-state index contributed by atoms with van der Waals surface area (Å²) in [5, 5.41) is 5.89. The van der Waals surface area contributed by atoms with Gasteiger partial charge in [-0.1, -0.05) is 117 Å². The molecule has 0 aromatic heterocycles. The lowest BCUT2D eigenvalue weighted by atomic mass is 9.72. The largest absolute Gasteiger partial charge is 0.333 e. The highest BCUT2D eigenvalue weighted by Gasteiger charge is 2.56. The van der Waals surface area contributed by atoms with Gasteiger partial charge in [-0.15, -0.1) is 0 Å². The predicted molar refractivity (Wildman–Crippen MR) is 173 cm³/mol. The molecule has 4 aromatic carbocycles. The summed E-state index contributed by atoms with van der Waals surface area (Å²) in [7, 11) is 0. The van der Waals surface area contributed by atoms with Crippen molar-refractivity contribution in [3.05, 3.63) is 96.1 Å². The SMILES string of the molecule is O=C1N(CCCCBr)C(=O)C(Cc2ccc3ccccc3c2)(Cc2ccc3ccccc3c2)C(=O)N1CCCCBr. The van der Waals surface area contributed by atoms with Crippen LogP contribution in [0.4, 0.5) is 4.79 Å². The van der Waals surface area contributed by atoms with E-state index in [1.54, 1.807) is 0 Å². The van der Waals surface area contributed by atoms with Gasteiger partial charge in [-0.25, -0.2) is 4.79 Å². The van der Waals surface area contributed by atoms with Crippen molar-refractivity contribution in [2.45, 2.75) is 38.5 Å². The van der Waals surface area contributed by atoms with Crippen molar-refractivity contribution in [1.82, 2.24) is 9.80 Å². The Morgan fingerprint density at radius 3 is 1.37 bits per heavy atom. The minimum atomic E-state index is -1.43. The van der Waals surface area contributed by atoms with Gasteiger partial charge in [0.25, 0.3) is 0 Å². The molecular formula is C34H34Br2N2O3. The molecule has 1 saturated heterocycles. The summed E-state index contributed by atoms with van der Waals surface area (Å²) in [6.45, 7) is 0.589. The smallest absolute Gasteiger partial charge is 0.273 e. The number of barbiturate groups is 1. The standard InChI is InChI=1S/C34H34Br2N2O3/c35-17-5-7-19-37-31(39)34(32(40)38(33(37)41)20-8-6-18-36,23-25-13-15-27-9-1-3-11-29(27)21-25)24-26-14-16-28-10-2-4-12-30(28)22-26/h1-4,9-16,21-22H,5-8,17-20,23-24H2. The first-order valence-corrected chi connectivity index (χ1v) is 16.5. The number of amides is 4. The normalized spacial score (nSPS) is 15.3. The first-order valence-electron chi connectivity index (χ1n) is 14.2. The van der Waals surface area contributed by atoms with E-state index in [2.05, 4.69) is 56.1 Å². The monoisotopic (exact) mass is 676 g/mol. The zero-order valence-electron chi connectivity index (χ0n) is 23.0. The minimum absolute atomic E-state index is 0.222. The number of unbranched alkanes of at least 4 members (excludes halogenated alkanes) is 2. The summed E-state index contributed by atoms with van der Waals surface area (Å²) >= 11 is 6.92. The Hall–Kier alpha value is -3.03. The molecule has 41 heavy (non-hydrogen) atoms. The molecule has 0 N–H and O–H groups in total. The predicted octanol–water partition coefficient (Wildman–Crippen LogP) is 7.91. The molecule has 5 rings (SSSR count). The molecule has 1 aliphatic heterocycles. The number of alkyl halides is 2. The first kappa shape index (κ1) is 29.5. The number of imide groups is 2. The second-order valence-corrected chi connectivity index (χ2v) is 12.4. The molecule has 0 radical (unpaired) electrons. The number of fused-ring (bicyclic) bond motifs is 2. The van der Waals surface area contributed by atoms with Crippen LogP contribution < -0.4 is 0 Å². The molecular weight excluding hydrogens is 644 g/mol. The molecule has 0 spiro atoms. The van der Waals surface area contributed by atoms with E-state index in [-0.39, 0.29) is 24.7 Å². The number of halogens is 2. The average molecular weight is 678 g/mol. The molecule has 7 heteroatoms. The zero-order chi connectivity index (χ0) is 28.8. The fraction of sp³-hybridized carbons (Fsp3) is 0.324. The summed E-state index contributed by atoms with van der Waals surface area (Å²) < 4.78 is 0. The van der Waals surface area contributed by atoms with Gasteiger partial charge in [-0.05, 0) is 71.2 Å². The molecule has 0 unspecified atom stereocenters. The van der Waals surface area contributed by atoms with Crippen molar-refractivity contribution in [3.63, 3.8) is 0 Å². The van der Waals surface area contributed by atoms with Gasteiger partial charge in [0.15, 0.2) is 0 Å². The molecule has 4 aromatic rings. The Labute approximate surface area is 258 Å². The van der Waals surface area contributed by atoms with Crippen LogP contribution in [-0.4, -0.2) is 51.4 Å². The van der Waals surface area contributed by atoms with E-state index >= 15 is 0 Å². The fourth-order valence-corrected chi connectivity index (χ4v) is 6.60. The summed E-state index contributed by atoms with van der Waals surface area (Å²) in [5.74, 6) is -0.778. The van der Waals surface area contributed by atoms with E-state index in [9.17, 15) is 14.4 Å². The third-order valence-electron chi connectivity index (χ3n) is 7.94. The van der Waals surface area contributed by atoms with E-state index in [0.717, 1.165) is 56.2 Å². The van der Waals surface area contributed by atoms with Gasteiger partial charge in [0, 0.05) is 23.7 Å². The number of hydrogen-bond acceptors (Lipinski definition) is 3. The average Bonchev–Trinajstić information content (AvgIpc) is 2.99. The highest BCUT2D eigenvalue weighted by Crippen LogP contribution is 2.38.